The van der Waals surface area contributed by atoms with Crippen molar-refractivity contribution < 1.29 is 13.5 Å². The number of hydrogen-bond acceptors (Lipinski definition) is 4. The lowest BCUT2D eigenvalue weighted by Gasteiger charge is -2.27. The first-order valence-corrected chi connectivity index (χ1v) is 7.37. The zero-order valence-corrected chi connectivity index (χ0v) is 12.1. The molecule has 0 spiro atoms. The van der Waals surface area contributed by atoms with Crippen molar-refractivity contribution in [2.45, 2.75) is 31.3 Å². The van der Waals surface area contributed by atoms with Gasteiger partial charge < -0.3 is 5.11 Å². The maximum atomic E-state index is 12.4. The van der Waals surface area contributed by atoms with Gasteiger partial charge in [-0.2, -0.15) is 9.57 Å². The van der Waals surface area contributed by atoms with E-state index in [1.807, 2.05) is 6.07 Å². The third kappa shape index (κ3) is 4.03. The summed E-state index contributed by atoms with van der Waals surface area (Å²) in [5.41, 5.74) is -0.823. The lowest BCUT2D eigenvalue weighted by Crippen LogP contribution is -2.42. The maximum absolute atomic E-state index is 12.4. The molecule has 5 nitrogen and oxygen atoms in total. The molecule has 0 fully saturated rings. The Morgan fingerprint density at radius 1 is 1.42 bits per heavy atom. The van der Waals surface area contributed by atoms with E-state index in [1.54, 1.807) is 26.8 Å². The average Bonchev–Trinajstić information content (AvgIpc) is 2.34. The third-order valence-electron chi connectivity index (χ3n) is 2.52. The first-order chi connectivity index (χ1) is 8.70. The van der Waals surface area contributed by atoms with Crippen LogP contribution in [0.3, 0.4) is 0 Å². The van der Waals surface area contributed by atoms with Gasteiger partial charge in [-0.3, -0.25) is 0 Å². The zero-order chi connectivity index (χ0) is 14.7. The Balaban J connectivity index is 3.17. The second kappa shape index (κ2) is 5.70. The van der Waals surface area contributed by atoms with Crippen LogP contribution in [0.15, 0.2) is 29.2 Å². The van der Waals surface area contributed by atoms with Crippen LogP contribution in [0.25, 0.3) is 0 Å². The zero-order valence-electron chi connectivity index (χ0n) is 11.3. The topological polar surface area (TPSA) is 81.4 Å². The second-order valence-electron chi connectivity index (χ2n) is 4.88. The van der Waals surface area contributed by atoms with E-state index in [0.29, 0.717) is 5.56 Å². The van der Waals surface area contributed by atoms with Gasteiger partial charge in [0.05, 0.1) is 22.1 Å². The number of nitrogens with zero attached hydrogens (tertiary/aromatic N) is 2. The van der Waals surface area contributed by atoms with Gasteiger partial charge in [-0.25, -0.2) is 8.42 Å². The molecule has 1 aromatic rings. The van der Waals surface area contributed by atoms with Crippen molar-refractivity contribution in [1.29, 1.82) is 5.26 Å². The van der Waals surface area contributed by atoms with Crippen molar-refractivity contribution in [2.75, 3.05) is 13.1 Å². The number of likely N-dealkylation sites (N-methyl/N-ethyl adjacent to an activating group) is 1. The molecule has 0 amide bonds. The predicted molar refractivity (Wildman–Crippen MR) is 71.9 cm³/mol. The van der Waals surface area contributed by atoms with E-state index in [4.69, 9.17) is 5.26 Å². The van der Waals surface area contributed by atoms with Crippen LogP contribution in [0.1, 0.15) is 26.3 Å². The van der Waals surface area contributed by atoms with E-state index in [1.165, 1.54) is 22.5 Å². The van der Waals surface area contributed by atoms with Crippen LogP contribution in [0.5, 0.6) is 0 Å². The summed E-state index contributed by atoms with van der Waals surface area (Å²) in [6.07, 6.45) is 0. The van der Waals surface area contributed by atoms with Gasteiger partial charge in [0, 0.05) is 13.1 Å². The van der Waals surface area contributed by atoms with Crippen molar-refractivity contribution >= 4 is 10.0 Å². The van der Waals surface area contributed by atoms with E-state index >= 15 is 0 Å². The molecular weight excluding hydrogens is 264 g/mol. The Morgan fingerprint density at radius 3 is 2.53 bits per heavy atom. The monoisotopic (exact) mass is 282 g/mol. The molecule has 6 heteroatoms. The molecule has 104 valence electrons. The molecule has 1 aromatic carbocycles. The van der Waals surface area contributed by atoms with E-state index in [2.05, 4.69) is 0 Å². The average molecular weight is 282 g/mol. The summed E-state index contributed by atoms with van der Waals surface area (Å²) in [5.74, 6) is 0. The number of nitriles is 1. The molecule has 0 bridgehead atoms. The molecule has 0 unspecified atom stereocenters. The van der Waals surface area contributed by atoms with Crippen LogP contribution < -0.4 is 0 Å². The van der Waals surface area contributed by atoms with Crippen molar-refractivity contribution in [3.63, 3.8) is 0 Å². The summed E-state index contributed by atoms with van der Waals surface area (Å²) >= 11 is 0. The molecule has 0 aliphatic heterocycles. The van der Waals surface area contributed by atoms with E-state index in [-0.39, 0.29) is 18.0 Å². The highest BCUT2D eigenvalue weighted by atomic mass is 32.2. The summed E-state index contributed by atoms with van der Waals surface area (Å²) in [7, 11) is -3.69. The molecule has 1 N–H and O–H groups in total. The van der Waals surface area contributed by atoms with Crippen LogP contribution in [-0.2, 0) is 10.0 Å². The lowest BCUT2D eigenvalue weighted by atomic mass is 10.1. The minimum Gasteiger partial charge on any atom is -0.389 e. The molecule has 19 heavy (non-hydrogen) atoms. The Bertz CT molecular complexity index is 583. The largest absolute Gasteiger partial charge is 0.389 e. The predicted octanol–water partition coefficient (Wildman–Crippen LogP) is 1.34. The molecule has 0 saturated heterocycles. The highest BCUT2D eigenvalue weighted by Gasteiger charge is 2.28. The summed E-state index contributed by atoms with van der Waals surface area (Å²) in [6.45, 7) is 5.07. The quantitative estimate of drug-likeness (QED) is 0.883. The third-order valence-corrected chi connectivity index (χ3v) is 4.43. The highest BCUT2D eigenvalue weighted by Crippen LogP contribution is 2.19. The lowest BCUT2D eigenvalue weighted by molar-refractivity contribution is 0.0601. The van der Waals surface area contributed by atoms with Gasteiger partial charge in [-0.1, -0.05) is 13.0 Å². The first kappa shape index (κ1) is 15.6. The first-order valence-electron chi connectivity index (χ1n) is 5.93. The van der Waals surface area contributed by atoms with Gasteiger partial charge in [-0.15, -0.1) is 0 Å². The van der Waals surface area contributed by atoms with Crippen molar-refractivity contribution in [3.8, 4) is 6.07 Å². The summed E-state index contributed by atoms with van der Waals surface area (Å²) < 4.78 is 26.0. The molecule has 0 heterocycles. The summed E-state index contributed by atoms with van der Waals surface area (Å²) in [4.78, 5) is 0.0673. The molecule has 0 aromatic heterocycles. The van der Waals surface area contributed by atoms with Crippen LogP contribution in [0.4, 0.5) is 0 Å². The fraction of sp³-hybridized carbons (Fsp3) is 0.462. The minimum atomic E-state index is -3.69. The smallest absolute Gasteiger partial charge is 0.243 e. The van der Waals surface area contributed by atoms with Gasteiger partial charge in [0.25, 0.3) is 0 Å². The molecule has 0 atom stereocenters. The number of rotatable bonds is 5. The molecular formula is C13H18N2O3S. The number of sulfonamides is 1. The molecule has 0 aliphatic carbocycles. The number of aliphatic hydroxyl groups is 1. The normalized spacial score (nSPS) is 12.4. The Kier molecular flexibility index (Phi) is 4.69. The van der Waals surface area contributed by atoms with Crippen LogP contribution in [0.2, 0.25) is 0 Å². The van der Waals surface area contributed by atoms with E-state index in [9.17, 15) is 13.5 Å². The number of benzene rings is 1. The van der Waals surface area contributed by atoms with E-state index < -0.39 is 15.6 Å². The highest BCUT2D eigenvalue weighted by molar-refractivity contribution is 7.89. The molecule has 0 radical (unpaired) electrons. The van der Waals surface area contributed by atoms with E-state index in [0.717, 1.165) is 0 Å². The minimum absolute atomic E-state index is 0.00259. The van der Waals surface area contributed by atoms with Gasteiger partial charge in [0.2, 0.25) is 10.0 Å². The fourth-order valence-corrected chi connectivity index (χ4v) is 3.32. The van der Waals surface area contributed by atoms with Crippen molar-refractivity contribution in [3.05, 3.63) is 29.8 Å². The molecule has 1 rings (SSSR count). The van der Waals surface area contributed by atoms with Gasteiger partial charge >= 0.3 is 0 Å². The Morgan fingerprint density at radius 2 is 2.05 bits per heavy atom. The van der Waals surface area contributed by atoms with Crippen molar-refractivity contribution in [1.82, 2.24) is 4.31 Å². The second-order valence-corrected chi connectivity index (χ2v) is 6.82. The summed E-state index contributed by atoms with van der Waals surface area (Å²) in [6, 6.07) is 7.77. The Labute approximate surface area is 114 Å². The molecule has 0 aliphatic rings. The molecule has 0 saturated carbocycles. The standard InChI is InChI=1S/C13H18N2O3S/c1-4-15(10-13(2,3)16)19(17,18)12-7-5-6-11(8-12)9-14/h5-8,16H,4,10H2,1-3H3. The fourth-order valence-electron chi connectivity index (χ4n) is 1.67. The summed E-state index contributed by atoms with van der Waals surface area (Å²) in [5, 5.41) is 18.6. The number of hydrogen-bond donors (Lipinski definition) is 1. The van der Waals surface area contributed by atoms with Gasteiger partial charge in [0.15, 0.2) is 0 Å². The van der Waals surface area contributed by atoms with Crippen molar-refractivity contribution in [2.24, 2.45) is 0 Å². The van der Waals surface area contributed by atoms with Gasteiger partial charge in [0.1, 0.15) is 0 Å². The van der Waals surface area contributed by atoms with Gasteiger partial charge in [-0.05, 0) is 32.0 Å². The van der Waals surface area contributed by atoms with Crippen LogP contribution >= 0.6 is 0 Å². The van der Waals surface area contributed by atoms with Crippen LogP contribution in [0, 0.1) is 11.3 Å². The maximum Gasteiger partial charge on any atom is 0.243 e. The Hall–Kier alpha value is -1.42. The SMILES string of the molecule is CCN(CC(C)(C)O)S(=O)(=O)c1cccc(C#N)c1. The van der Waals surface area contributed by atoms with Crippen LogP contribution in [-0.4, -0.2) is 36.5 Å².